The molecule has 2 N–H and O–H groups in total. The standard InChI is InChI=1S/C12H14F3NO4S/c1-11(2,3)21(19,20)16-9-5-7(10(17)18)4-8(6-9)12(13,14)15/h4-6,16H,1-3H3,(H,17,18). The number of halogens is 3. The number of hydrogen-bond donors (Lipinski definition) is 2. The highest BCUT2D eigenvalue weighted by Crippen LogP contribution is 2.32. The van der Waals surface area contributed by atoms with Crippen LogP contribution in [0.15, 0.2) is 18.2 Å². The molecule has 0 saturated heterocycles. The Morgan fingerprint density at radius 3 is 2.05 bits per heavy atom. The number of benzene rings is 1. The van der Waals surface area contributed by atoms with Crippen molar-refractivity contribution in [2.75, 3.05) is 4.72 Å². The number of anilines is 1. The van der Waals surface area contributed by atoms with Gasteiger partial charge in [-0.1, -0.05) is 0 Å². The van der Waals surface area contributed by atoms with Crippen molar-refractivity contribution in [1.29, 1.82) is 0 Å². The van der Waals surface area contributed by atoms with E-state index in [0.29, 0.717) is 12.1 Å². The maximum absolute atomic E-state index is 12.7. The number of alkyl halides is 3. The smallest absolute Gasteiger partial charge is 0.416 e. The van der Waals surface area contributed by atoms with Gasteiger partial charge in [0.25, 0.3) is 0 Å². The maximum Gasteiger partial charge on any atom is 0.416 e. The third-order valence-electron chi connectivity index (χ3n) is 2.57. The van der Waals surface area contributed by atoms with E-state index in [1.165, 1.54) is 20.8 Å². The maximum atomic E-state index is 12.7. The van der Waals surface area contributed by atoms with Gasteiger partial charge in [-0.05, 0) is 39.0 Å². The monoisotopic (exact) mass is 325 g/mol. The van der Waals surface area contributed by atoms with Crippen LogP contribution in [0.2, 0.25) is 0 Å². The molecule has 0 unspecified atom stereocenters. The third kappa shape index (κ3) is 4.10. The van der Waals surface area contributed by atoms with E-state index in [4.69, 9.17) is 5.11 Å². The largest absolute Gasteiger partial charge is 0.478 e. The van der Waals surface area contributed by atoms with Crippen molar-refractivity contribution in [3.05, 3.63) is 29.3 Å². The Balaban J connectivity index is 3.38. The van der Waals surface area contributed by atoms with Crippen molar-refractivity contribution < 1.29 is 31.5 Å². The first-order valence-electron chi connectivity index (χ1n) is 5.72. The Labute approximate surface area is 119 Å². The van der Waals surface area contributed by atoms with E-state index in [2.05, 4.69) is 0 Å². The van der Waals surface area contributed by atoms with Gasteiger partial charge in [0.1, 0.15) is 0 Å². The van der Waals surface area contributed by atoms with Crippen LogP contribution >= 0.6 is 0 Å². The molecule has 9 heteroatoms. The van der Waals surface area contributed by atoms with Gasteiger partial charge in [0.2, 0.25) is 10.0 Å². The van der Waals surface area contributed by atoms with Crippen LogP contribution in [0.3, 0.4) is 0 Å². The van der Waals surface area contributed by atoms with Crippen LogP contribution in [0.25, 0.3) is 0 Å². The Kier molecular flexibility index (Phi) is 4.29. The second-order valence-corrected chi connectivity index (χ2v) is 7.76. The van der Waals surface area contributed by atoms with Crippen LogP contribution < -0.4 is 4.72 Å². The predicted molar refractivity (Wildman–Crippen MR) is 70.7 cm³/mol. The molecule has 0 radical (unpaired) electrons. The fourth-order valence-corrected chi connectivity index (χ4v) is 2.02. The SMILES string of the molecule is CC(C)(C)S(=O)(=O)Nc1cc(C(=O)O)cc(C(F)(F)F)c1. The third-order valence-corrected chi connectivity index (χ3v) is 4.68. The molecule has 21 heavy (non-hydrogen) atoms. The van der Waals surface area contributed by atoms with Crippen molar-refractivity contribution in [3.8, 4) is 0 Å². The van der Waals surface area contributed by atoms with Crippen LogP contribution in [0.5, 0.6) is 0 Å². The Morgan fingerprint density at radius 2 is 1.67 bits per heavy atom. The molecule has 0 bridgehead atoms. The fourth-order valence-electron chi connectivity index (χ4n) is 1.28. The quantitative estimate of drug-likeness (QED) is 0.895. The van der Waals surface area contributed by atoms with Crippen molar-refractivity contribution >= 4 is 21.7 Å². The minimum Gasteiger partial charge on any atom is -0.478 e. The second-order valence-electron chi connectivity index (χ2n) is 5.32. The number of carboxylic acids is 1. The molecule has 0 amide bonds. The zero-order chi connectivity index (χ0) is 16.6. The summed E-state index contributed by atoms with van der Waals surface area (Å²) in [6.45, 7) is 4.09. The van der Waals surface area contributed by atoms with Crippen LogP contribution in [-0.4, -0.2) is 24.2 Å². The molecule has 118 valence electrons. The van der Waals surface area contributed by atoms with Crippen LogP contribution in [-0.2, 0) is 16.2 Å². The molecule has 0 atom stereocenters. The number of carboxylic acid groups (broad SMARTS) is 1. The van der Waals surface area contributed by atoms with Gasteiger partial charge < -0.3 is 5.11 Å². The van der Waals surface area contributed by atoms with Gasteiger partial charge in [-0.3, -0.25) is 4.72 Å². The van der Waals surface area contributed by atoms with Gasteiger partial charge >= 0.3 is 12.1 Å². The summed E-state index contributed by atoms with van der Waals surface area (Å²) >= 11 is 0. The minimum atomic E-state index is -4.78. The molecule has 0 heterocycles. The summed E-state index contributed by atoms with van der Waals surface area (Å²) in [6.07, 6.45) is -4.78. The number of nitrogens with one attached hydrogen (secondary N) is 1. The molecule has 0 spiro atoms. The molecule has 0 saturated carbocycles. The lowest BCUT2D eigenvalue weighted by molar-refractivity contribution is -0.137. The number of carbonyl (C=O) groups is 1. The molecular formula is C12H14F3NO4S. The van der Waals surface area contributed by atoms with Crippen molar-refractivity contribution in [2.45, 2.75) is 31.7 Å². The van der Waals surface area contributed by atoms with Gasteiger partial charge in [0.05, 0.1) is 15.9 Å². The van der Waals surface area contributed by atoms with Crippen molar-refractivity contribution in [3.63, 3.8) is 0 Å². The number of rotatable bonds is 3. The molecule has 1 aromatic rings. The van der Waals surface area contributed by atoms with Gasteiger partial charge in [-0.15, -0.1) is 0 Å². The Hall–Kier alpha value is -1.77. The molecule has 0 aliphatic rings. The van der Waals surface area contributed by atoms with Crippen molar-refractivity contribution in [1.82, 2.24) is 0 Å². The normalized spacial score (nSPS) is 13.0. The summed E-state index contributed by atoms with van der Waals surface area (Å²) < 4.78 is 62.7. The van der Waals surface area contributed by atoms with E-state index in [1.54, 1.807) is 0 Å². The Morgan fingerprint density at radius 1 is 1.14 bits per heavy atom. The fraction of sp³-hybridized carbons (Fsp3) is 0.417. The highest BCUT2D eigenvalue weighted by Gasteiger charge is 2.33. The molecular weight excluding hydrogens is 311 g/mol. The lowest BCUT2D eigenvalue weighted by atomic mass is 10.1. The first-order chi connectivity index (χ1) is 9.24. The molecule has 0 aliphatic heterocycles. The topological polar surface area (TPSA) is 83.5 Å². The number of aromatic carboxylic acids is 1. The zero-order valence-corrected chi connectivity index (χ0v) is 12.3. The summed E-state index contributed by atoms with van der Waals surface area (Å²) in [4.78, 5) is 10.9. The van der Waals surface area contributed by atoms with Gasteiger partial charge in [0.15, 0.2) is 0 Å². The molecule has 0 fully saturated rings. The van der Waals surface area contributed by atoms with Gasteiger partial charge in [-0.2, -0.15) is 13.2 Å². The minimum absolute atomic E-state index is 0.442. The molecule has 0 aliphatic carbocycles. The second kappa shape index (κ2) is 5.21. The highest BCUT2D eigenvalue weighted by molar-refractivity contribution is 7.94. The molecule has 0 aromatic heterocycles. The summed E-state index contributed by atoms with van der Waals surface area (Å²) in [7, 11) is -3.97. The van der Waals surface area contributed by atoms with Crippen LogP contribution in [0.4, 0.5) is 18.9 Å². The average molecular weight is 325 g/mol. The van der Waals surface area contributed by atoms with E-state index >= 15 is 0 Å². The lowest BCUT2D eigenvalue weighted by Crippen LogP contribution is -2.33. The number of hydrogen-bond acceptors (Lipinski definition) is 3. The first-order valence-corrected chi connectivity index (χ1v) is 7.20. The summed E-state index contributed by atoms with van der Waals surface area (Å²) in [6, 6.07) is 1.83. The highest BCUT2D eigenvalue weighted by atomic mass is 32.2. The summed E-state index contributed by atoms with van der Waals surface area (Å²) in [5.41, 5.74) is -2.34. The van der Waals surface area contributed by atoms with Crippen molar-refractivity contribution in [2.24, 2.45) is 0 Å². The van der Waals surface area contributed by atoms with Gasteiger partial charge in [0, 0.05) is 5.69 Å². The lowest BCUT2D eigenvalue weighted by Gasteiger charge is -2.21. The Bertz CT molecular complexity index is 660. The van der Waals surface area contributed by atoms with Crippen LogP contribution in [0.1, 0.15) is 36.7 Å². The predicted octanol–water partition coefficient (Wildman–Crippen LogP) is 2.94. The number of sulfonamides is 1. The van der Waals surface area contributed by atoms with Gasteiger partial charge in [-0.25, -0.2) is 13.2 Å². The van der Waals surface area contributed by atoms with E-state index in [0.717, 1.165) is 6.07 Å². The molecule has 1 rings (SSSR count). The van der Waals surface area contributed by atoms with E-state index in [1.807, 2.05) is 4.72 Å². The first kappa shape index (κ1) is 17.3. The zero-order valence-electron chi connectivity index (χ0n) is 11.4. The van der Waals surface area contributed by atoms with E-state index < -0.39 is 43.7 Å². The van der Waals surface area contributed by atoms with E-state index in [9.17, 15) is 26.4 Å². The average Bonchev–Trinajstić information content (AvgIpc) is 2.24. The van der Waals surface area contributed by atoms with Crippen LogP contribution in [0, 0.1) is 0 Å². The summed E-state index contributed by atoms with van der Waals surface area (Å²) in [5.74, 6) is -1.59. The van der Waals surface area contributed by atoms with E-state index in [-0.39, 0.29) is 0 Å². The molecule has 5 nitrogen and oxygen atoms in total. The molecule has 1 aromatic carbocycles. The summed E-state index contributed by atoms with van der Waals surface area (Å²) in [5, 5.41) is 8.81.